The second-order valence-corrected chi connectivity index (χ2v) is 7.67. The van der Waals surface area contributed by atoms with Gasteiger partial charge in [-0.05, 0) is 59.3 Å². The normalized spacial score (nSPS) is 30.8. The SMILES string of the molecule is CON(C)C(=O)C12CCC(NC(=O)OC(C)(C)C)(CC1)CC2. The lowest BCUT2D eigenvalue weighted by atomic mass is 9.57. The van der Waals surface area contributed by atoms with Crippen LogP contribution in [0, 0.1) is 5.41 Å². The van der Waals surface area contributed by atoms with Gasteiger partial charge in [0.2, 0.25) is 0 Å². The molecule has 0 aliphatic heterocycles. The highest BCUT2D eigenvalue weighted by molar-refractivity contribution is 5.82. The van der Waals surface area contributed by atoms with Crippen molar-refractivity contribution < 1.29 is 19.2 Å². The molecule has 2 bridgehead atoms. The third-order valence-electron chi connectivity index (χ3n) is 5.03. The van der Waals surface area contributed by atoms with Crippen LogP contribution in [0.15, 0.2) is 0 Å². The van der Waals surface area contributed by atoms with Gasteiger partial charge in [0, 0.05) is 12.6 Å². The summed E-state index contributed by atoms with van der Waals surface area (Å²) in [6, 6.07) is 0. The van der Waals surface area contributed by atoms with Crippen LogP contribution in [-0.4, -0.2) is 42.4 Å². The number of hydroxylamine groups is 2. The van der Waals surface area contributed by atoms with Crippen molar-refractivity contribution in [2.24, 2.45) is 5.41 Å². The minimum Gasteiger partial charge on any atom is -0.444 e. The maximum Gasteiger partial charge on any atom is 0.408 e. The Balaban J connectivity index is 1.98. The summed E-state index contributed by atoms with van der Waals surface area (Å²) in [6.07, 6.45) is 4.45. The zero-order valence-electron chi connectivity index (χ0n) is 14.3. The highest BCUT2D eigenvalue weighted by Crippen LogP contribution is 2.53. The van der Waals surface area contributed by atoms with Gasteiger partial charge in [-0.15, -0.1) is 0 Å². The fourth-order valence-electron chi connectivity index (χ4n) is 3.63. The number of carbonyl (C=O) groups is 2. The third-order valence-corrected chi connectivity index (χ3v) is 5.03. The summed E-state index contributed by atoms with van der Waals surface area (Å²) in [5.74, 6) is 0.0561. The van der Waals surface area contributed by atoms with Gasteiger partial charge in [0.05, 0.1) is 12.5 Å². The number of hydrogen-bond donors (Lipinski definition) is 1. The summed E-state index contributed by atoms with van der Waals surface area (Å²) in [5.41, 5.74) is -1.02. The highest BCUT2D eigenvalue weighted by Gasteiger charge is 2.54. The average Bonchev–Trinajstić information content (AvgIpc) is 2.45. The highest BCUT2D eigenvalue weighted by atomic mass is 16.7. The molecule has 0 radical (unpaired) electrons. The lowest BCUT2D eigenvalue weighted by molar-refractivity contribution is -0.187. The molecule has 3 fully saturated rings. The first-order chi connectivity index (χ1) is 10.1. The molecule has 0 aromatic heterocycles. The van der Waals surface area contributed by atoms with Gasteiger partial charge >= 0.3 is 6.09 Å². The number of carbonyl (C=O) groups excluding carboxylic acids is 2. The van der Waals surface area contributed by atoms with Crippen LogP contribution in [0.25, 0.3) is 0 Å². The summed E-state index contributed by atoms with van der Waals surface area (Å²) in [6.45, 7) is 5.57. The number of alkyl carbamates (subject to hydrolysis) is 1. The van der Waals surface area contributed by atoms with Crippen molar-refractivity contribution in [1.29, 1.82) is 0 Å². The maximum atomic E-state index is 12.5. The molecule has 3 saturated carbocycles. The van der Waals surface area contributed by atoms with Gasteiger partial charge in [0.25, 0.3) is 5.91 Å². The molecule has 3 aliphatic rings. The van der Waals surface area contributed by atoms with Crippen LogP contribution < -0.4 is 5.32 Å². The first kappa shape index (κ1) is 17.1. The molecule has 0 aromatic carbocycles. The van der Waals surface area contributed by atoms with Gasteiger partial charge < -0.3 is 10.1 Å². The largest absolute Gasteiger partial charge is 0.444 e. The van der Waals surface area contributed by atoms with Gasteiger partial charge in [0.1, 0.15) is 5.60 Å². The molecule has 1 N–H and O–H groups in total. The second kappa shape index (κ2) is 5.72. The Kier molecular flexibility index (Phi) is 4.44. The maximum absolute atomic E-state index is 12.5. The van der Waals surface area contributed by atoms with E-state index in [2.05, 4.69) is 5.32 Å². The van der Waals surface area contributed by atoms with E-state index >= 15 is 0 Å². The molecular weight excluding hydrogens is 284 g/mol. The zero-order valence-corrected chi connectivity index (χ0v) is 14.3. The molecule has 3 rings (SSSR count). The fraction of sp³-hybridized carbons (Fsp3) is 0.875. The van der Waals surface area contributed by atoms with E-state index < -0.39 is 5.60 Å². The zero-order chi connectivity index (χ0) is 16.6. The summed E-state index contributed by atoms with van der Waals surface area (Å²) < 4.78 is 5.37. The Morgan fingerprint density at radius 2 is 1.55 bits per heavy atom. The van der Waals surface area contributed by atoms with Gasteiger partial charge in [-0.25, -0.2) is 9.86 Å². The van der Waals surface area contributed by atoms with Crippen LogP contribution in [0.2, 0.25) is 0 Å². The molecule has 6 heteroatoms. The van der Waals surface area contributed by atoms with Crippen LogP contribution in [0.3, 0.4) is 0 Å². The average molecular weight is 312 g/mol. The van der Waals surface area contributed by atoms with Crippen molar-refractivity contribution in [3.63, 3.8) is 0 Å². The minimum atomic E-state index is -0.495. The van der Waals surface area contributed by atoms with Gasteiger partial charge in [0.15, 0.2) is 0 Å². The minimum absolute atomic E-state index is 0.0561. The number of nitrogens with zero attached hydrogens (tertiary/aromatic N) is 1. The molecule has 126 valence electrons. The number of ether oxygens (including phenoxy) is 1. The molecule has 0 heterocycles. The molecular formula is C16H28N2O4. The number of fused-ring (bicyclic) bond motifs is 3. The number of amides is 2. The van der Waals surface area contributed by atoms with E-state index in [4.69, 9.17) is 9.57 Å². The van der Waals surface area contributed by atoms with Crippen LogP contribution in [0.5, 0.6) is 0 Å². The first-order valence-electron chi connectivity index (χ1n) is 7.95. The van der Waals surface area contributed by atoms with Crippen LogP contribution in [0.1, 0.15) is 59.3 Å². The third kappa shape index (κ3) is 3.37. The standard InChI is InChI=1S/C16H28N2O4/c1-14(2,3)22-13(20)17-16-9-6-15(7-10-16,8-11-16)12(19)18(4)21-5/h6-11H2,1-5H3,(H,17,20). The van der Waals surface area contributed by atoms with Crippen molar-refractivity contribution in [1.82, 2.24) is 10.4 Å². The lowest BCUT2D eigenvalue weighted by Gasteiger charge is -2.53. The fourth-order valence-corrected chi connectivity index (χ4v) is 3.63. The second-order valence-electron chi connectivity index (χ2n) is 7.67. The molecule has 0 unspecified atom stereocenters. The Bertz CT molecular complexity index is 431. The van der Waals surface area contributed by atoms with E-state index in [1.807, 2.05) is 20.8 Å². The Hall–Kier alpha value is -1.30. The van der Waals surface area contributed by atoms with Crippen LogP contribution >= 0.6 is 0 Å². The Labute approximate surface area is 132 Å². The molecule has 2 amide bonds. The van der Waals surface area contributed by atoms with E-state index in [9.17, 15) is 9.59 Å². The quantitative estimate of drug-likeness (QED) is 0.813. The molecule has 6 nitrogen and oxygen atoms in total. The first-order valence-corrected chi connectivity index (χ1v) is 7.95. The van der Waals surface area contributed by atoms with Gasteiger partial charge in [-0.2, -0.15) is 0 Å². The van der Waals surface area contributed by atoms with Crippen molar-refractivity contribution in [3.05, 3.63) is 0 Å². The van der Waals surface area contributed by atoms with Crippen LogP contribution in [-0.2, 0) is 14.4 Å². The number of nitrogens with one attached hydrogen (secondary N) is 1. The molecule has 0 saturated heterocycles. The predicted octanol–water partition coefficient (Wildman–Crippen LogP) is 2.62. The Morgan fingerprint density at radius 1 is 1.05 bits per heavy atom. The van der Waals surface area contributed by atoms with E-state index in [-0.39, 0.29) is 23.0 Å². The van der Waals surface area contributed by atoms with Crippen molar-refractivity contribution in [3.8, 4) is 0 Å². The molecule has 0 spiro atoms. The summed E-state index contributed by atoms with van der Waals surface area (Å²) >= 11 is 0. The lowest BCUT2D eigenvalue weighted by Crippen LogP contribution is -2.60. The predicted molar refractivity (Wildman–Crippen MR) is 82.0 cm³/mol. The molecule has 3 aliphatic carbocycles. The van der Waals surface area contributed by atoms with Gasteiger partial charge in [-0.1, -0.05) is 0 Å². The van der Waals surface area contributed by atoms with Crippen molar-refractivity contribution >= 4 is 12.0 Å². The monoisotopic (exact) mass is 312 g/mol. The smallest absolute Gasteiger partial charge is 0.408 e. The van der Waals surface area contributed by atoms with E-state index in [1.165, 1.54) is 12.2 Å². The molecule has 0 aromatic rings. The Morgan fingerprint density at radius 3 is 1.95 bits per heavy atom. The number of rotatable bonds is 3. The van der Waals surface area contributed by atoms with Gasteiger partial charge in [-0.3, -0.25) is 9.63 Å². The van der Waals surface area contributed by atoms with E-state index in [0.29, 0.717) is 0 Å². The van der Waals surface area contributed by atoms with E-state index in [1.54, 1.807) is 7.05 Å². The van der Waals surface area contributed by atoms with Crippen molar-refractivity contribution in [2.45, 2.75) is 70.4 Å². The van der Waals surface area contributed by atoms with E-state index in [0.717, 1.165) is 38.5 Å². The van der Waals surface area contributed by atoms with Crippen LogP contribution in [0.4, 0.5) is 4.79 Å². The summed E-state index contributed by atoms with van der Waals surface area (Å²) in [5, 5.41) is 4.39. The summed E-state index contributed by atoms with van der Waals surface area (Å²) in [7, 11) is 3.17. The molecule has 22 heavy (non-hydrogen) atoms. The van der Waals surface area contributed by atoms with Crippen molar-refractivity contribution in [2.75, 3.05) is 14.2 Å². The summed E-state index contributed by atoms with van der Waals surface area (Å²) in [4.78, 5) is 29.6. The number of hydrogen-bond acceptors (Lipinski definition) is 4. The topological polar surface area (TPSA) is 67.9 Å². The molecule has 0 atom stereocenters.